The Kier molecular flexibility index (Phi) is 4.29. The number of rotatable bonds is 4. The Morgan fingerprint density at radius 3 is 2.64 bits per heavy atom. The molecule has 0 fully saturated rings. The van der Waals surface area contributed by atoms with E-state index in [1.165, 1.54) is 6.08 Å². The topological polar surface area (TPSA) is 60.8 Å². The van der Waals surface area contributed by atoms with E-state index in [0.717, 1.165) is 4.90 Å². The first-order chi connectivity index (χ1) is 5.07. The van der Waals surface area contributed by atoms with Gasteiger partial charge >= 0.3 is 6.09 Å². The Balaban J connectivity index is 3.88. The van der Waals surface area contributed by atoms with Gasteiger partial charge in [-0.15, -0.1) is 6.58 Å². The molecule has 0 saturated heterocycles. The quantitative estimate of drug-likeness (QED) is 0.588. The largest absolute Gasteiger partial charge is 0.465 e. The minimum absolute atomic E-state index is 0.126. The van der Waals surface area contributed by atoms with Gasteiger partial charge in [0.1, 0.15) is 0 Å². The minimum Gasteiger partial charge on any atom is -0.465 e. The fourth-order valence-corrected chi connectivity index (χ4v) is 0.706. The average molecular weight is 159 g/mol. The summed E-state index contributed by atoms with van der Waals surface area (Å²) in [7, 11) is 0. The second kappa shape index (κ2) is 4.73. The highest BCUT2D eigenvalue weighted by Gasteiger charge is 2.11. The van der Waals surface area contributed by atoms with Crippen molar-refractivity contribution in [2.45, 2.75) is 13.0 Å². The van der Waals surface area contributed by atoms with Gasteiger partial charge in [-0.05, 0) is 6.92 Å². The zero-order chi connectivity index (χ0) is 8.85. The molecule has 0 aliphatic rings. The van der Waals surface area contributed by atoms with E-state index in [1.807, 2.05) is 0 Å². The molecule has 64 valence electrons. The second-order valence-electron chi connectivity index (χ2n) is 2.33. The molecule has 0 radical (unpaired) electrons. The first-order valence-corrected chi connectivity index (χ1v) is 3.34. The van der Waals surface area contributed by atoms with Gasteiger partial charge in [0, 0.05) is 13.1 Å². The number of nitrogens with zero attached hydrogens (tertiary/aromatic N) is 1. The van der Waals surface area contributed by atoms with Gasteiger partial charge < -0.3 is 15.1 Å². The van der Waals surface area contributed by atoms with Crippen molar-refractivity contribution in [3.05, 3.63) is 12.7 Å². The van der Waals surface area contributed by atoms with Crippen LogP contribution in [0.5, 0.6) is 0 Å². The van der Waals surface area contributed by atoms with Crippen molar-refractivity contribution in [3.8, 4) is 0 Å². The minimum atomic E-state index is -1.04. The number of aliphatic hydroxyl groups is 1. The molecule has 0 rings (SSSR count). The SMILES string of the molecule is C=CCN(CC(C)O)C(=O)O. The smallest absolute Gasteiger partial charge is 0.407 e. The normalized spacial score (nSPS) is 12.2. The third-order valence-electron chi connectivity index (χ3n) is 1.10. The van der Waals surface area contributed by atoms with Gasteiger partial charge in [0.2, 0.25) is 0 Å². The van der Waals surface area contributed by atoms with E-state index in [9.17, 15) is 4.79 Å². The maximum absolute atomic E-state index is 10.4. The number of carbonyl (C=O) groups is 1. The molecule has 0 spiro atoms. The van der Waals surface area contributed by atoms with Crippen molar-refractivity contribution >= 4 is 6.09 Å². The van der Waals surface area contributed by atoms with Gasteiger partial charge in [-0.25, -0.2) is 4.79 Å². The summed E-state index contributed by atoms with van der Waals surface area (Å²) in [5, 5.41) is 17.4. The maximum Gasteiger partial charge on any atom is 0.407 e. The third kappa shape index (κ3) is 4.38. The number of hydrogen-bond acceptors (Lipinski definition) is 2. The average Bonchev–Trinajstić information content (AvgIpc) is 1.86. The van der Waals surface area contributed by atoms with Gasteiger partial charge in [0.05, 0.1) is 6.10 Å². The van der Waals surface area contributed by atoms with Crippen molar-refractivity contribution in [3.63, 3.8) is 0 Å². The molecule has 0 aromatic rings. The summed E-state index contributed by atoms with van der Waals surface area (Å²) in [5.74, 6) is 0. The van der Waals surface area contributed by atoms with Crippen molar-refractivity contribution < 1.29 is 15.0 Å². The zero-order valence-corrected chi connectivity index (χ0v) is 6.53. The summed E-state index contributed by atoms with van der Waals surface area (Å²) in [5.41, 5.74) is 0. The van der Waals surface area contributed by atoms with E-state index < -0.39 is 12.2 Å². The Morgan fingerprint density at radius 2 is 2.36 bits per heavy atom. The van der Waals surface area contributed by atoms with Gasteiger partial charge in [-0.3, -0.25) is 0 Å². The Hall–Kier alpha value is -1.03. The molecule has 11 heavy (non-hydrogen) atoms. The molecule has 0 saturated carbocycles. The number of carboxylic acid groups (broad SMARTS) is 1. The van der Waals surface area contributed by atoms with Crippen LogP contribution in [0.15, 0.2) is 12.7 Å². The van der Waals surface area contributed by atoms with Crippen molar-refractivity contribution in [1.29, 1.82) is 0 Å². The lowest BCUT2D eigenvalue weighted by Gasteiger charge is -2.18. The van der Waals surface area contributed by atoms with Crippen LogP contribution < -0.4 is 0 Å². The van der Waals surface area contributed by atoms with Gasteiger partial charge in [-0.2, -0.15) is 0 Å². The summed E-state index contributed by atoms with van der Waals surface area (Å²) in [6.07, 6.45) is -0.187. The van der Waals surface area contributed by atoms with Crippen LogP contribution in [-0.2, 0) is 0 Å². The van der Waals surface area contributed by atoms with Crippen LogP contribution in [0, 0.1) is 0 Å². The molecule has 0 aromatic carbocycles. The van der Waals surface area contributed by atoms with Crippen LogP contribution in [0.3, 0.4) is 0 Å². The van der Waals surface area contributed by atoms with Crippen LogP contribution in [-0.4, -0.2) is 40.4 Å². The molecule has 0 heterocycles. The summed E-state index contributed by atoms with van der Waals surface area (Å²) < 4.78 is 0. The van der Waals surface area contributed by atoms with Gasteiger partial charge in [0.15, 0.2) is 0 Å². The van der Waals surface area contributed by atoms with E-state index >= 15 is 0 Å². The molecule has 1 unspecified atom stereocenters. The van der Waals surface area contributed by atoms with Crippen molar-refractivity contribution in [2.75, 3.05) is 13.1 Å². The van der Waals surface area contributed by atoms with Crippen LogP contribution in [0.1, 0.15) is 6.92 Å². The van der Waals surface area contributed by atoms with E-state index in [2.05, 4.69) is 6.58 Å². The van der Waals surface area contributed by atoms with Gasteiger partial charge in [-0.1, -0.05) is 6.08 Å². The molecule has 4 nitrogen and oxygen atoms in total. The molecule has 1 atom stereocenters. The lowest BCUT2D eigenvalue weighted by Crippen LogP contribution is -2.35. The Labute approximate surface area is 65.7 Å². The number of hydrogen-bond donors (Lipinski definition) is 2. The van der Waals surface area contributed by atoms with Crippen LogP contribution in [0.2, 0.25) is 0 Å². The molecule has 4 heteroatoms. The highest BCUT2D eigenvalue weighted by Crippen LogP contribution is 1.92. The van der Waals surface area contributed by atoms with Crippen molar-refractivity contribution in [2.24, 2.45) is 0 Å². The molecule has 0 bridgehead atoms. The van der Waals surface area contributed by atoms with E-state index in [0.29, 0.717) is 0 Å². The summed E-state index contributed by atoms with van der Waals surface area (Å²) >= 11 is 0. The lowest BCUT2D eigenvalue weighted by atomic mass is 10.3. The molecular weight excluding hydrogens is 146 g/mol. The summed E-state index contributed by atoms with van der Waals surface area (Å²) in [6, 6.07) is 0. The molecule has 2 N–H and O–H groups in total. The molecular formula is C7H13NO3. The van der Waals surface area contributed by atoms with Gasteiger partial charge in [0.25, 0.3) is 0 Å². The van der Waals surface area contributed by atoms with Crippen LogP contribution in [0.4, 0.5) is 4.79 Å². The zero-order valence-electron chi connectivity index (χ0n) is 6.53. The fraction of sp³-hybridized carbons (Fsp3) is 0.571. The second-order valence-corrected chi connectivity index (χ2v) is 2.33. The Bertz CT molecular complexity index is 145. The predicted octanol–water partition coefficient (Wildman–Crippen LogP) is 0.533. The lowest BCUT2D eigenvalue weighted by molar-refractivity contribution is 0.110. The highest BCUT2D eigenvalue weighted by atomic mass is 16.4. The van der Waals surface area contributed by atoms with Crippen LogP contribution >= 0.6 is 0 Å². The molecule has 0 aliphatic carbocycles. The molecule has 0 aromatic heterocycles. The standard InChI is InChI=1S/C7H13NO3/c1-3-4-8(7(10)11)5-6(2)9/h3,6,9H,1,4-5H2,2H3,(H,10,11). The fourth-order valence-electron chi connectivity index (χ4n) is 0.706. The first kappa shape index (κ1) is 9.97. The van der Waals surface area contributed by atoms with Crippen molar-refractivity contribution in [1.82, 2.24) is 4.90 Å². The predicted molar refractivity (Wildman–Crippen MR) is 41.5 cm³/mol. The monoisotopic (exact) mass is 159 g/mol. The summed E-state index contributed by atoms with van der Waals surface area (Å²) in [6.45, 7) is 5.32. The maximum atomic E-state index is 10.4. The van der Waals surface area contributed by atoms with E-state index in [-0.39, 0.29) is 13.1 Å². The molecule has 1 amide bonds. The number of amides is 1. The van der Waals surface area contributed by atoms with E-state index in [1.54, 1.807) is 6.92 Å². The summed E-state index contributed by atoms with van der Waals surface area (Å²) in [4.78, 5) is 11.5. The first-order valence-electron chi connectivity index (χ1n) is 3.34. The van der Waals surface area contributed by atoms with Crippen LogP contribution in [0.25, 0.3) is 0 Å². The molecule has 0 aliphatic heterocycles. The number of aliphatic hydroxyl groups excluding tert-OH is 1. The van der Waals surface area contributed by atoms with E-state index in [4.69, 9.17) is 10.2 Å². The Morgan fingerprint density at radius 1 is 1.82 bits per heavy atom. The highest BCUT2D eigenvalue weighted by molar-refractivity contribution is 5.65. The third-order valence-corrected chi connectivity index (χ3v) is 1.10.